The van der Waals surface area contributed by atoms with Gasteiger partial charge in [-0.1, -0.05) is 60.7 Å². The molecule has 0 saturated carbocycles. The number of aromatic nitrogens is 4. The number of rotatable bonds is 0. The molecule has 0 unspecified atom stereocenters. The van der Waals surface area contributed by atoms with Gasteiger partial charge in [0.25, 0.3) is 0 Å². The van der Waals surface area contributed by atoms with E-state index < -0.39 is 0 Å². The van der Waals surface area contributed by atoms with Gasteiger partial charge in [0.2, 0.25) is 0 Å². The van der Waals surface area contributed by atoms with Gasteiger partial charge in [0, 0.05) is 44.3 Å². The minimum atomic E-state index is 0.593. The van der Waals surface area contributed by atoms with Crippen molar-refractivity contribution in [3.05, 3.63) is 144 Å². The molecule has 8 aromatic rings. The van der Waals surface area contributed by atoms with Crippen molar-refractivity contribution in [2.75, 3.05) is 21.3 Å². The highest BCUT2D eigenvalue weighted by Crippen LogP contribution is 2.26. The molecular weight excluding hydrogens is 592 g/mol. The molecule has 232 valence electrons. The molecule has 0 radical (unpaired) electrons. The van der Waals surface area contributed by atoms with E-state index >= 15 is 0 Å². The Bertz CT molecular complexity index is 2150. The Morgan fingerprint density at radius 2 is 0.562 bits per heavy atom. The van der Waals surface area contributed by atoms with Gasteiger partial charge in [-0.05, 0) is 60.7 Å². The molecule has 5 heterocycles. The second-order valence-electron chi connectivity index (χ2n) is 12.2. The van der Waals surface area contributed by atoms with Gasteiger partial charge in [-0.15, -0.1) is 0 Å². The molecule has 4 N–H and O–H groups in total. The zero-order chi connectivity index (χ0) is 31.9. The summed E-state index contributed by atoms with van der Waals surface area (Å²) in [6.07, 6.45) is 0. The minimum absolute atomic E-state index is 0.593. The lowest BCUT2D eigenvalue weighted by molar-refractivity contribution is 1.05. The second kappa shape index (κ2) is 11.8. The first-order chi connectivity index (χ1) is 23.7. The number of nitrogens with zero attached hydrogens (tertiary/aromatic N) is 4. The SMILES string of the molecule is c1cc2cc(c1)NCc1ccc3ccc4ccc(nc4c3n1)CNc1cccc(c1)NCc1ccc3ccc4ccc(nc4c3n1)CN2. The van der Waals surface area contributed by atoms with Gasteiger partial charge < -0.3 is 21.3 Å². The number of benzene rings is 4. The van der Waals surface area contributed by atoms with E-state index in [0.29, 0.717) is 26.2 Å². The van der Waals surface area contributed by atoms with Crippen molar-refractivity contribution in [1.82, 2.24) is 19.9 Å². The molecule has 4 aromatic heterocycles. The Labute approximate surface area is 277 Å². The van der Waals surface area contributed by atoms with Crippen molar-refractivity contribution in [2.24, 2.45) is 0 Å². The largest absolute Gasteiger partial charge is 0.379 e. The van der Waals surface area contributed by atoms with Gasteiger partial charge in [0.1, 0.15) is 0 Å². The fraction of sp³-hybridized carbons (Fsp3) is 0.100. The predicted octanol–water partition coefficient (Wildman–Crippen LogP) is 8.64. The highest BCUT2D eigenvalue weighted by Gasteiger charge is 2.10. The number of anilines is 4. The summed E-state index contributed by atoms with van der Waals surface area (Å²) in [5.41, 5.74) is 11.5. The molecule has 4 aromatic carbocycles. The highest BCUT2D eigenvalue weighted by molar-refractivity contribution is 6.03. The molecule has 0 spiro atoms. The van der Waals surface area contributed by atoms with E-state index in [2.05, 4.69) is 143 Å². The zero-order valence-electron chi connectivity index (χ0n) is 26.2. The van der Waals surface area contributed by atoms with Crippen LogP contribution in [0.1, 0.15) is 22.8 Å². The van der Waals surface area contributed by atoms with Crippen LogP contribution in [0.25, 0.3) is 43.6 Å². The Morgan fingerprint density at radius 1 is 0.312 bits per heavy atom. The summed E-state index contributed by atoms with van der Waals surface area (Å²) in [6.45, 7) is 2.37. The van der Waals surface area contributed by atoms with Crippen molar-refractivity contribution in [3.63, 3.8) is 0 Å². The number of pyridine rings is 4. The summed E-state index contributed by atoms with van der Waals surface area (Å²) in [6, 6.07) is 42.0. The van der Waals surface area contributed by atoms with Crippen LogP contribution in [-0.2, 0) is 26.2 Å². The first kappa shape index (κ1) is 28.0. The zero-order valence-corrected chi connectivity index (χ0v) is 26.2. The quantitative estimate of drug-likeness (QED) is 0.124. The van der Waals surface area contributed by atoms with E-state index in [9.17, 15) is 0 Å². The lowest BCUT2D eigenvalue weighted by atomic mass is 10.1. The summed E-state index contributed by atoms with van der Waals surface area (Å²) < 4.78 is 0. The molecular formula is C40H32N8. The molecule has 12 bridgehead atoms. The van der Waals surface area contributed by atoms with Crippen molar-refractivity contribution in [2.45, 2.75) is 26.2 Å². The maximum absolute atomic E-state index is 5.07. The van der Waals surface area contributed by atoms with Gasteiger partial charge in [0.15, 0.2) is 0 Å². The van der Waals surface area contributed by atoms with Crippen LogP contribution in [0.5, 0.6) is 0 Å². The lowest BCUT2D eigenvalue weighted by Crippen LogP contribution is -2.06. The van der Waals surface area contributed by atoms with Crippen LogP contribution in [0.4, 0.5) is 22.7 Å². The molecule has 0 aliphatic carbocycles. The molecule has 1 aliphatic rings. The standard InChI is InChI=1S/C40H32N8/c1-3-29-19-30(4-1)42-22-34-16-12-26-8-10-28-14-18-36(48-40(28)38(26)46-34)24-44-32-6-2-5-31(20-32)43-23-35-17-13-27-9-7-25-11-15-33(21-41-29)45-37(25)39(27)47-35/h1-20,41-44H,21-24H2. The van der Waals surface area contributed by atoms with Crippen LogP contribution < -0.4 is 21.3 Å². The number of nitrogens with one attached hydrogen (secondary N) is 4. The van der Waals surface area contributed by atoms with E-state index in [-0.39, 0.29) is 0 Å². The molecule has 8 heteroatoms. The van der Waals surface area contributed by atoms with Gasteiger partial charge in [0.05, 0.1) is 71.0 Å². The van der Waals surface area contributed by atoms with E-state index in [1.54, 1.807) is 0 Å². The second-order valence-corrected chi connectivity index (χ2v) is 12.2. The molecule has 1 aliphatic heterocycles. The van der Waals surface area contributed by atoms with E-state index in [1.807, 2.05) is 0 Å². The van der Waals surface area contributed by atoms with Crippen molar-refractivity contribution >= 4 is 66.4 Å². The Kier molecular flexibility index (Phi) is 6.89. The van der Waals surface area contributed by atoms with E-state index in [4.69, 9.17) is 19.9 Å². The maximum atomic E-state index is 5.07. The van der Waals surface area contributed by atoms with Crippen LogP contribution in [0.15, 0.2) is 121 Å². The first-order valence-corrected chi connectivity index (χ1v) is 16.2. The summed E-state index contributed by atoms with van der Waals surface area (Å²) in [5, 5.41) is 18.5. The Morgan fingerprint density at radius 3 is 0.833 bits per heavy atom. The van der Waals surface area contributed by atoms with Gasteiger partial charge in [-0.2, -0.15) is 0 Å². The molecule has 9 rings (SSSR count). The summed E-state index contributed by atoms with van der Waals surface area (Å²) in [7, 11) is 0. The minimum Gasteiger partial charge on any atom is -0.379 e. The predicted molar refractivity (Wildman–Crippen MR) is 196 cm³/mol. The Hall–Kier alpha value is -6.28. The molecule has 0 amide bonds. The van der Waals surface area contributed by atoms with Crippen LogP contribution >= 0.6 is 0 Å². The summed E-state index contributed by atoms with van der Waals surface area (Å²) in [4.78, 5) is 20.3. The number of fused-ring (bicyclic) bond motifs is 8. The van der Waals surface area contributed by atoms with Crippen molar-refractivity contribution < 1.29 is 0 Å². The molecule has 48 heavy (non-hydrogen) atoms. The highest BCUT2D eigenvalue weighted by atomic mass is 14.9. The normalized spacial score (nSPS) is 13.3. The topological polar surface area (TPSA) is 99.7 Å². The lowest BCUT2D eigenvalue weighted by Gasteiger charge is -2.13. The first-order valence-electron chi connectivity index (χ1n) is 16.2. The fourth-order valence-corrected chi connectivity index (χ4v) is 6.34. The molecule has 0 fully saturated rings. The fourth-order valence-electron chi connectivity index (χ4n) is 6.34. The van der Waals surface area contributed by atoms with E-state index in [1.165, 1.54) is 0 Å². The monoisotopic (exact) mass is 624 g/mol. The van der Waals surface area contributed by atoms with Crippen molar-refractivity contribution in [1.29, 1.82) is 0 Å². The average Bonchev–Trinajstić information content (AvgIpc) is 3.14. The Balaban J connectivity index is 1.10. The van der Waals surface area contributed by atoms with Gasteiger partial charge in [-0.25, -0.2) is 19.9 Å². The van der Waals surface area contributed by atoms with Crippen LogP contribution in [-0.4, -0.2) is 19.9 Å². The summed E-state index contributed by atoms with van der Waals surface area (Å²) >= 11 is 0. The third-order valence-corrected chi connectivity index (χ3v) is 8.89. The number of hydrogen-bond donors (Lipinski definition) is 4. The molecule has 8 nitrogen and oxygen atoms in total. The van der Waals surface area contributed by atoms with E-state index in [0.717, 1.165) is 89.1 Å². The van der Waals surface area contributed by atoms with Gasteiger partial charge in [-0.3, -0.25) is 0 Å². The third-order valence-electron chi connectivity index (χ3n) is 8.89. The summed E-state index contributed by atoms with van der Waals surface area (Å²) in [5.74, 6) is 0. The van der Waals surface area contributed by atoms with Gasteiger partial charge >= 0.3 is 0 Å². The maximum Gasteiger partial charge on any atom is 0.0968 e. The third kappa shape index (κ3) is 5.54. The van der Waals surface area contributed by atoms with Crippen LogP contribution in [0, 0.1) is 0 Å². The average molecular weight is 625 g/mol. The molecule has 0 atom stereocenters. The molecule has 0 saturated heterocycles. The van der Waals surface area contributed by atoms with Crippen molar-refractivity contribution in [3.8, 4) is 0 Å². The smallest absolute Gasteiger partial charge is 0.0968 e. The number of hydrogen-bond acceptors (Lipinski definition) is 8. The van der Waals surface area contributed by atoms with Crippen LogP contribution in [0.2, 0.25) is 0 Å². The van der Waals surface area contributed by atoms with Crippen LogP contribution in [0.3, 0.4) is 0 Å².